The van der Waals surface area contributed by atoms with Gasteiger partial charge in [0.1, 0.15) is 10.8 Å². The quantitative estimate of drug-likeness (QED) is 0.305. The third-order valence-corrected chi connectivity index (χ3v) is 7.14. The van der Waals surface area contributed by atoms with Crippen LogP contribution in [0.2, 0.25) is 0 Å². The van der Waals surface area contributed by atoms with Crippen molar-refractivity contribution in [2.75, 3.05) is 0 Å². The fourth-order valence-electron chi connectivity index (χ4n) is 3.55. The number of hydrogen-bond donors (Lipinski definition) is 2. The van der Waals surface area contributed by atoms with Crippen molar-refractivity contribution in [1.29, 1.82) is 0 Å². The molecule has 0 amide bonds. The zero-order valence-corrected chi connectivity index (χ0v) is 18.1. The maximum Gasteiger partial charge on any atom is 0.222 e. The van der Waals surface area contributed by atoms with Gasteiger partial charge in [0.2, 0.25) is 11.7 Å². The van der Waals surface area contributed by atoms with E-state index in [1.807, 2.05) is 61.5 Å². The highest BCUT2D eigenvalue weighted by molar-refractivity contribution is 7.21. The summed E-state index contributed by atoms with van der Waals surface area (Å²) < 4.78 is 0.861. The first-order valence-corrected chi connectivity index (χ1v) is 11.3. The molecule has 31 heavy (non-hydrogen) atoms. The lowest BCUT2D eigenvalue weighted by atomic mass is 9.97. The molecular weight excluding hydrogens is 426 g/mol. The average molecular weight is 444 g/mol. The number of rotatable bonds is 4. The highest BCUT2D eigenvalue weighted by Crippen LogP contribution is 2.42. The van der Waals surface area contributed by atoms with Crippen LogP contribution in [0, 0.1) is 6.92 Å². The van der Waals surface area contributed by atoms with E-state index < -0.39 is 0 Å². The number of thiazole rings is 1. The summed E-state index contributed by atoms with van der Waals surface area (Å²) in [6, 6.07) is 20.6. The van der Waals surface area contributed by atoms with Gasteiger partial charge in [-0.3, -0.25) is 4.79 Å². The number of phenolic OH excluding ortho intramolecular Hbond substituents is 1. The number of carbonyl (C=O) groups excluding carboxylic acids is 1. The van der Waals surface area contributed by atoms with E-state index in [2.05, 4.69) is 4.98 Å². The van der Waals surface area contributed by atoms with Gasteiger partial charge in [0.15, 0.2) is 0 Å². The van der Waals surface area contributed by atoms with E-state index in [1.165, 1.54) is 22.7 Å². The van der Waals surface area contributed by atoms with Crippen LogP contribution in [-0.2, 0) is 0 Å². The lowest BCUT2D eigenvalue weighted by Gasteiger charge is -2.07. The summed E-state index contributed by atoms with van der Waals surface area (Å²) in [7, 11) is 0. The molecule has 0 aliphatic heterocycles. The molecule has 0 radical (unpaired) electrons. The summed E-state index contributed by atoms with van der Waals surface area (Å²) in [6.07, 6.45) is 0. The van der Waals surface area contributed by atoms with E-state index in [-0.39, 0.29) is 17.4 Å². The molecule has 4 nitrogen and oxygen atoms in total. The molecule has 0 bridgehead atoms. The van der Waals surface area contributed by atoms with Gasteiger partial charge in [0.05, 0.1) is 10.3 Å². The molecule has 0 fully saturated rings. The molecule has 0 saturated heterocycles. The Morgan fingerprint density at radius 1 is 0.903 bits per heavy atom. The molecule has 2 heterocycles. The zero-order chi connectivity index (χ0) is 21.5. The molecule has 152 valence electrons. The summed E-state index contributed by atoms with van der Waals surface area (Å²) in [5, 5.41) is 22.7. The van der Waals surface area contributed by atoms with Gasteiger partial charge in [-0.2, -0.15) is 0 Å². The molecule has 5 aromatic rings. The van der Waals surface area contributed by atoms with Crippen LogP contribution in [0.15, 0.2) is 72.1 Å². The molecule has 6 heteroatoms. The summed E-state index contributed by atoms with van der Waals surface area (Å²) in [5.74, 6) is 0.150. The Morgan fingerprint density at radius 2 is 1.61 bits per heavy atom. The summed E-state index contributed by atoms with van der Waals surface area (Å²) in [4.78, 5) is 18.2. The third-order valence-electron chi connectivity index (χ3n) is 5.11. The number of aryl methyl sites for hydroxylation is 1. The molecule has 2 aromatic heterocycles. The summed E-state index contributed by atoms with van der Waals surface area (Å²) >= 11 is 2.77. The number of nitrogens with zero attached hydrogens (tertiary/aromatic N) is 1. The van der Waals surface area contributed by atoms with E-state index in [9.17, 15) is 15.0 Å². The summed E-state index contributed by atoms with van der Waals surface area (Å²) in [5.41, 5.74) is 4.41. The molecule has 0 aliphatic carbocycles. The second-order valence-corrected chi connectivity index (χ2v) is 9.18. The number of thiophene rings is 1. The average Bonchev–Trinajstić information content (AvgIpc) is 3.37. The van der Waals surface area contributed by atoms with Crippen LogP contribution in [0.4, 0.5) is 0 Å². The van der Waals surface area contributed by atoms with Crippen molar-refractivity contribution < 1.29 is 15.0 Å². The third kappa shape index (κ3) is 3.60. The second kappa shape index (κ2) is 7.65. The number of phenols is 1. The van der Waals surface area contributed by atoms with Gasteiger partial charge in [0.25, 0.3) is 0 Å². The van der Waals surface area contributed by atoms with Crippen molar-refractivity contribution in [2.24, 2.45) is 0 Å². The predicted octanol–water partition coefficient (Wildman–Crippen LogP) is 6.64. The lowest BCUT2D eigenvalue weighted by molar-refractivity contribution is 0.104. The monoisotopic (exact) mass is 443 g/mol. The fourth-order valence-corrected chi connectivity index (χ4v) is 5.45. The van der Waals surface area contributed by atoms with Crippen LogP contribution >= 0.6 is 22.7 Å². The van der Waals surface area contributed by atoms with Crippen molar-refractivity contribution in [3.63, 3.8) is 0 Å². The van der Waals surface area contributed by atoms with Gasteiger partial charge in [-0.15, -0.1) is 22.7 Å². The number of hydrogen-bond acceptors (Lipinski definition) is 6. The van der Waals surface area contributed by atoms with E-state index in [0.717, 1.165) is 37.3 Å². The molecular formula is C25H17NO3S2. The number of fused-ring (bicyclic) bond motifs is 1. The Bertz CT molecular complexity index is 1410. The van der Waals surface area contributed by atoms with Crippen molar-refractivity contribution in [3.05, 3.63) is 88.1 Å². The van der Waals surface area contributed by atoms with Crippen LogP contribution < -0.4 is 0 Å². The Hall–Kier alpha value is -3.48. The smallest absolute Gasteiger partial charge is 0.222 e. The lowest BCUT2D eigenvalue weighted by Crippen LogP contribution is -2.00. The first-order chi connectivity index (χ1) is 15.0. The number of aromatic nitrogens is 1. The molecule has 0 unspecified atom stereocenters. The Labute approximate surface area is 186 Å². The topological polar surface area (TPSA) is 70.4 Å². The molecule has 0 spiro atoms. The van der Waals surface area contributed by atoms with Crippen LogP contribution in [0.5, 0.6) is 11.6 Å². The van der Waals surface area contributed by atoms with Crippen molar-refractivity contribution in [1.82, 2.24) is 4.98 Å². The van der Waals surface area contributed by atoms with Crippen LogP contribution in [0.25, 0.3) is 31.8 Å². The van der Waals surface area contributed by atoms with Crippen molar-refractivity contribution >= 4 is 38.5 Å². The van der Waals surface area contributed by atoms with Gasteiger partial charge in [-0.05, 0) is 30.7 Å². The Balaban J connectivity index is 1.65. The summed E-state index contributed by atoms with van der Waals surface area (Å²) in [6.45, 7) is 1.99. The predicted molar refractivity (Wildman–Crippen MR) is 126 cm³/mol. The number of ketones is 1. The van der Waals surface area contributed by atoms with Crippen LogP contribution in [0.1, 0.15) is 20.8 Å². The first-order valence-electron chi connectivity index (χ1n) is 9.62. The molecule has 2 N–H and O–H groups in total. The van der Waals surface area contributed by atoms with Gasteiger partial charge in [-0.1, -0.05) is 54.1 Å². The van der Waals surface area contributed by atoms with E-state index in [1.54, 1.807) is 17.5 Å². The maximum absolute atomic E-state index is 13.4. The van der Waals surface area contributed by atoms with Crippen LogP contribution in [-0.4, -0.2) is 21.0 Å². The first kappa shape index (κ1) is 19.5. The number of aromatic hydroxyl groups is 2. The van der Waals surface area contributed by atoms with Gasteiger partial charge in [0, 0.05) is 26.8 Å². The largest absolute Gasteiger partial charge is 0.508 e. The highest BCUT2D eigenvalue weighted by Gasteiger charge is 2.21. The minimum atomic E-state index is -0.0374. The number of carbonyl (C=O) groups is 1. The van der Waals surface area contributed by atoms with Crippen LogP contribution in [0.3, 0.4) is 0 Å². The Kier molecular flexibility index (Phi) is 4.81. The molecule has 0 saturated carbocycles. The molecule has 5 rings (SSSR count). The van der Waals surface area contributed by atoms with E-state index in [0.29, 0.717) is 10.4 Å². The van der Waals surface area contributed by atoms with E-state index in [4.69, 9.17) is 0 Å². The van der Waals surface area contributed by atoms with Crippen molar-refractivity contribution in [2.45, 2.75) is 6.92 Å². The van der Waals surface area contributed by atoms with Gasteiger partial charge in [-0.25, -0.2) is 4.98 Å². The van der Waals surface area contributed by atoms with Gasteiger partial charge < -0.3 is 10.2 Å². The number of benzene rings is 3. The fraction of sp³-hybridized carbons (Fsp3) is 0.0400. The molecule has 0 aliphatic rings. The highest BCUT2D eigenvalue weighted by atomic mass is 32.1. The second-order valence-electron chi connectivity index (χ2n) is 7.27. The normalized spacial score (nSPS) is 11.1. The van der Waals surface area contributed by atoms with Crippen molar-refractivity contribution in [3.8, 4) is 33.3 Å². The minimum Gasteiger partial charge on any atom is -0.508 e. The Morgan fingerprint density at radius 3 is 2.29 bits per heavy atom. The van der Waals surface area contributed by atoms with E-state index >= 15 is 0 Å². The maximum atomic E-state index is 13.4. The zero-order valence-electron chi connectivity index (χ0n) is 16.5. The standard InChI is InChI=1S/C25H17NO3S2/c1-14-2-4-16(5-3-14)23(29)24-22(19-11-10-18(27)12-20(19)31-24)15-6-8-17(9-7-15)25-26-21(28)13-30-25/h2-13,27-28H,1H3. The molecule has 0 atom stereocenters. The minimum absolute atomic E-state index is 0.0127. The molecule has 3 aromatic carbocycles. The SMILES string of the molecule is Cc1ccc(C(=O)c2sc3cc(O)ccc3c2-c2ccc(-c3nc(O)cs3)cc2)cc1. The van der Waals surface area contributed by atoms with Gasteiger partial charge >= 0.3 is 0 Å².